The van der Waals surface area contributed by atoms with Crippen LogP contribution in [0, 0.1) is 50.2 Å². The average Bonchev–Trinajstić information content (AvgIpc) is 0.670. The van der Waals surface area contributed by atoms with E-state index in [0.717, 1.165) is 5.57 Å². The van der Waals surface area contributed by atoms with E-state index in [4.69, 9.17) is 66.3 Å². The molecule has 7 heterocycles. The van der Waals surface area contributed by atoms with Gasteiger partial charge in [0.05, 0.1) is 51.3 Å². The van der Waals surface area contributed by atoms with Gasteiger partial charge in [-0.1, -0.05) is 60.1 Å². The standard InChI is InChI=1S/C69H110O36/c1-24-49(99-57-47(87)50(28(73)22-93-57)100-56-42(82)36(76)27(72)21-92-56)41(81)45(85)58(95-24)104-54-51(101-59-43(83)39(79)37(77)30(19-70)96-59)29(74)23-94-62(54)105-63(91)69-16-15-64(2,3)17-26(69)25-9-10-33-66(6)13-12-35(65(4,5)32(66)11-14-67(33,7)68(25,8)18-34(69)75)98-61-48(88)52(46(86)53(103-61)55(89)90)102-60-44(84)40(80)38(78)31(20-71)97-60/h9,24,26-54,56-62,70-88H,10-23H2,1-8H3,(H,89,90). The zero-order chi connectivity index (χ0) is 76.6. The Hall–Kier alpha value is -2.60. The smallest absolute Gasteiger partial charge is 0.335 e. The monoisotopic (exact) mass is 1510 g/mol. The number of carboxylic acids is 1. The number of hydrogen-bond acceptors (Lipinski definition) is 35. The molecule has 41 atom stereocenters. The quantitative estimate of drug-likeness (QED) is 0.0366. The lowest BCUT2D eigenvalue weighted by atomic mass is 9.33. The Labute approximate surface area is 605 Å². The van der Waals surface area contributed by atoms with E-state index in [1.54, 1.807) is 0 Å². The number of carbonyl (C=O) groups excluding carboxylic acids is 1. The molecule has 602 valence electrons. The number of rotatable bonds is 17. The van der Waals surface area contributed by atoms with E-state index in [-0.39, 0.29) is 24.7 Å². The fourth-order valence-corrected chi connectivity index (χ4v) is 20.2. The Morgan fingerprint density at radius 3 is 1.58 bits per heavy atom. The molecule has 0 bridgehead atoms. The summed E-state index contributed by atoms with van der Waals surface area (Å²) < 4.78 is 83.4. The summed E-state index contributed by atoms with van der Waals surface area (Å²) in [5, 5.41) is 220. The molecule has 20 N–H and O–H groups in total. The van der Waals surface area contributed by atoms with Crippen molar-refractivity contribution in [2.75, 3.05) is 33.0 Å². The second-order valence-electron chi connectivity index (χ2n) is 33.5. The van der Waals surface area contributed by atoms with E-state index >= 15 is 4.79 Å². The molecule has 0 aromatic rings. The van der Waals surface area contributed by atoms with E-state index in [0.29, 0.717) is 44.9 Å². The van der Waals surface area contributed by atoms with Crippen LogP contribution in [-0.2, 0) is 75.9 Å². The van der Waals surface area contributed by atoms with E-state index in [2.05, 4.69) is 40.7 Å². The number of carbonyl (C=O) groups is 2. The zero-order valence-corrected chi connectivity index (χ0v) is 59.8. The number of carboxylic acid groups (broad SMARTS) is 1. The molecule has 0 radical (unpaired) electrons. The molecule has 0 spiro atoms. The Morgan fingerprint density at radius 1 is 0.467 bits per heavy atom. The van der Waals surface area contributed by atoms with Crippen LogP contribution in [0.4, 0.5) is 0 Å². The summed E-state index contributed by atoms with van der Waals surface area (Å²) in [6.07, 6.45) is -54.0. The number of ether oxygens (including phenoxy) is 14. The molecule has 0 amide bonds. The fraction of sp³-hybridized carbons (Fsp3) is 0.942. The van der Waals surface area contributed by atoms with Crippen LogP contribution in [0.5, 0.6) is 0 Å². The van der Waals surface area contributed by atoms with Gasteiger partial charge in [0.1, 0.15) is 140 Å². The first-order valence-corrected chi connectivity index (χ1v) is 36.5. The normalized spacial score (nSPS) is 54.2. The maximum atomic E-state index is 16.0. The molecule has 0 aromatic heterocycles. The zero-order valence-electron chi connectivity index (χ0n) is 59.8. The van der Waals surface area contributed by atoms with E-state index < -0.39 is 292 Å². The molecule has 36 heteroatoms. The summed E-state index contributed by atoms with van der Waals surface area (Å²) in [7, 11) is 0. The molecule has 7 saturated heterocycles. The minimum absolute atomic E-state index is 0.0549. The SMILES string of the molecule is CC1OC(OC2C(OC(=O)C34CCC(C)(C)CC3C3=CCC5C6(C)CCC(OC7OC(C(=O)O)C(O)C(OC8OC(CO)C(O)C(O)C8O)C7O)C(C)(C)C6CCC5(C)C3(C)CC4O)OCC(O)C2OC2OC(CO)C(O)C(O)C2O)C(O)C(O)C1OC1OCC(O)C(OC2OCC(O)C(O)C2O)C1O. The lowest BCUT2D eigenvalue weighted by Gasteiger charge is -2.71. The highest BCUT2D eigenvalue weighted by Gasteiger charge is 2.73. The first-order chi connectivity index (χ1) is 49.2. The molecule has 105 heavy (non-hydrogen) atoms. The third kappa shape index (κ3) is 14.2. The number of aliphatic hydroxyl groups is 19. The van der Waals surface area contributed by atoms with Gasteiger partial charge in [-0.25, -0.2) is 4.79 Å². The number of aliphatic hydroxyl groups excluding tert-OH is 19. The lowest BCUT2D eigenvalue weighted by molar-refractivity contribution is -0.388. The second kappa shape index (κ2) is 30.7. The predicted molar refractivity (Wildman–Crippen MR) is 343 cm³/mol. The van der Waals surface area contributed by atoms with Gasteiger partial charge in [-0.15, -0.1) is 0 Å². The van der Waals surface area contributed by atoms with Crippen LogP contribution in [-0.4, -0.2) is 356 Å². The van der Waals surface area contributed by atoms with Crippen LogP contribution < -0.4 is 0 Å². The summed E-state index contributed by atoms with van der Waals surface area (Å²) >= 11 is 0. The number of allylic oxidation sites excluding steroid dienone is 2. The molecular weight excluding hydrogens is 1400 g/mol. The molecule has 11 fully saturated rings. The lowest BCUT2D eigenvalue weighted by Crippen LogP contribution is -2.69. The Bertz CT molecular complexity index is 3040. The maximum Gasteiger partial charge on any atom is 0.335 e. The highest BCUT2D eigenvalue weighted by Crippen LogP contribution is 2.76. The van der Waals surface area contributed by atoms with Crippen molar-refractivity contribution >= 4 is 11.9 Å². The number of esters is 1. The molecule has 41 unspecified atom stereocenters. The minimum atomic E-state index is -2.13. The van der Waals surface area contributed by atoms with E-state index in [9.17, 15) is 107 Å². The van der Waals surface area contributed by atoms with Crippen molar-refractivity contribution in [3.63, 3.8) is 0 Å². The van der Waals surface area contributed by atoms with Gasteiger partial charge in [0, 0.05) is 0 Å². The van der Waals surface area contributed by atoms with Crippen molar-refractivity contribution in [3.8, 4) is 0 Å². The van der Waals surface area contributed by atoms with Crippen molar-refractivity contribution in [1.82, 2.24) is 0 Å². The molecule has 0 aromatic carbocycles. The summed E-state index contributed by atoms with van der Waals surface area (Å²) in [6, 6.07) is 0. The summed E-state index contributed by atoms with van der Waals surface area (Å²) in [5.41, 5.74) is -3.63. The van der Waals surface area contributed by atoms with Crippen LogP contribution in [0.3, 0.4) is 0 Å². The Balaban J connectivity index is 0.789. The first-order valence-electron chi connectivity index (χ1n) is 36.5. The maximum absolute atomic E-state index is 16.0. The molecule has 12 aliphatic rings. The van der Waals surface area contributed by atoms with Gasteiger partial charge >= 0.3 is 11.9 Å². The molecule has 4 saturated carbocycles. The minimum Gasteiger partial charge on any atom is -0.479 e. The van der Waals surface area contributed by atoms with Crippen molar-refractivity contribution in [2.45, 2.75) is 322 Å². The van der Waals surface area contributed by atoms with Crippen LogP contribution in [0.25, 0.3) is 0 Å². The van der Waals surface area contributed by atoms with Crippen LogP contribution in [0.2, 0.25) is 0 Å². The van der Waals surface area contributed by atoms with Gasteiger partial charge in [0.15, 0.2) is 49.9 Å². The van der Waals surface area contributed by atoms with Gasteiger partial charge in [-0.2, -0.15) is 0 Å². The van der Waals surface area contributed by atoms with Gasteiger partial charge in [0.2, 0.25) is 6.29 Å². The third-order valence-corrected chi connectivity index (χ3v) is 26.5. The van der Waals surface area contributed by atoms with E-state index in [1.165, 1.54) is 6.92 Å². The van der Waals surface area contributed by atoms with Crippen molar-refractivity contribution < 1.29 is 178 Å². The fourth-order valence-electron chi connectivity index (χ4n) is 20.2. The van der Waals surface area contributed by atoms with Crippen molar-refractivity contribution in [2.24, 2.45) is 50.2 Å². The Kier molecular flexibility index (Phi) is 24.0. The Morgan fingerprint density at radius 2 is 0.971 bits per heavy atom. The van der Waals surface area contributed by atoms with Gasteiger partial charge in [0.25, 0.3) is 0 Å². The molecule has 7 aliphatic heterocycles. The molecule has 36 nitrogen and oxygen atoms in total. The third-order valence-electron chi connectivity index (χ3n) is 26.5. The van der Waals surface area contributed by atoms with Crippen LogP contribution in [0.15, 0.2) is 11.6 Å². The highest BCUT2D eigenvalue weighted by molar-refractivity contribution is 5.80. The topological polar surface area (TPSA) is 568 Å². The van der Waals surface area contributed by atoms with E-state index in [1.807, 2.05) is 13.8 Å². The number of hydrogen-bond donors (Lipinski definition) is 20. The van der Waals surface area contributed by atoms with Crippen LogP contribution >= 0.6 is 0 Å². The summed E-state index contributed by atoms with van der Waals surface area (Å²) in [4.78, 5) is 28.7. The van der Waals surface area contributed by atoms with Crippen molar-refractivity contribution in [1.29, 1.82) is 0 Å². The average molecular weight is 1520 g/mol. The molecular formula is C69H110O36. The second-order valence-corrected chi connectivity index (χ2v) is 33.5. The predicted octanol–water partition coefficient (Wildman–Crippen LogP) is -6.55. The largest absolute Gasteiger partial charge is 0.479 e. The summed E-state index contributed by atoms with van der Waals surface area (Å²) in [6.45, 7) is 12.8. The first kappa shape index (κ1) is 81.9. The van der Waals surface area contributed by atoms with Gasteiger partial charge in [-0.05, 0) is 110 Å². The van der Waals surface area contributed by atoms with Gasteiger partial charge < -0.3 is 168 Å². The molecule has 5 aliphatic carbocycles. The number of aliphatic carboxylic acids is 1. The molecule has 12 rings (SSSR count). The van der Waals surface area contributed by atoms with Crippen molar-refractivity contribution in [3.05, 3.63) is 11.6 Å². The van der Waals surface area contributed by atoms with Crippen LogP contribution in [0.1, 0.15) is 113 Å². The number of fused-ring (bicyclic) bond motifs is 7. The van der Waals surface area contributed by atoms with Gasteiger partial charge in [-0.3, -0.25) is 4.79 Å². The summed E-state index contributed by atoms with van der Waals surface area (Å²) in [5.74, 6) is -3.39. The highest BCUT2D eigenvalue weighted by atomic mass is 16.8.